The molecule has 0 saturated heterocycles. The molecule has 6 nitrogen and oxygen atoms in total. The molecule has 0 saturated carbocycles. The van der Waals surface area contributed by atoms with Gasteiger partial charge in [0.25, 0.3) is 0 Å². The zero-order valence-electron chi connectivity index (χ0n) is 17.0. The summed E-state index contributed by atoms with van der Waals surface area (Å²) in [6.45, 7) is 0.540. The summed E-state index contributed by atoms with van der Waals surface area (Å²) >= 11 is 0. The van der Waals surface area contributed by atoms with E-state index in [1.165, 1.54) is 5.01 Å². The lowest BCUT2D eigenvalue weighted by Gasteiger charge is -2.13. The van der Waals surface area contributed by atoms with Gasteiger partial charge in [-0.1, -0.05) is 60.7 Å². The van der Waals surface area contributed by atoms with Gasteiger partial charge in [-0.2, -0.15) is 5.10 Å². The molecule has 31 heavy (non-hydrogen) atoms. The van der Waals surface area contributed by atoms with E-state index in [2.05, 4.69) is 10.4 Å². The predicted molar refractivity (Wildman–Crippen MR) is 120 cm³/mol. The molecule has 4 rings (SSSR count). The molecule has 1 aliphatic rings. The SMILES string of the molecule is O=C(CCC(=O)N1CCC(c2ccccc2)=N1)Nc1ccccc1Oc1ccccc1. The molecule has 1 N–H and O–H groups in total. The summed E-state index contributed by atoms with van der Waals surface area (Å²) in [7, 11) is 0. The van der Waals surface area contributed by atoms with Gasteiger partial charge in [0.05, 0.1) is 17.9 Å². The lowest BCUT2D eigenvalue weighted by atomic mass is 10.1. The van der Waals surface area contributed by atoms with Crippen LogP contribution in [-0.2, 0) is 9.59 Å². The molecule has 0 aromatic heterocycles. The largest absolute Gasteiger partial charge is 0.455 e. The van der Waals surface area contributed by atoms with Crippen LogP contribution in [0, 0.1) is 0 Å². The Bertz CT molecular complexity index is 1080. The van der Waals surface area contributed by atoms with E-state index in [9.17, 15) is 9.59 Å². The maximum absolute atomic E-state index is 12.5. The van der Waals surface area contributed by atoms with Crippen molar-refractivity contribution in [2.75, 3.05) is 11.9 Å². The van der Waals surface area contributed by atoms with Crippen LogP contribution in [-0.4, -0.2) is 29.1 Å². The highest BCUT2D eigenvalue weighted by molar-refractivity contribution is 6.03. The Morgan fingerprint density at radius 3 is 2.32 bits per heavy atom. The highest BCUT2D eigenvalue weighted by Crippen LogP contribution is 2.29. The first-order chi connectivity index (χ1) is 15.2. The molecule has 3 aromatic carbocycles. The van der Waals surface area contributed by atoms with Gasteiger partial charge in [-0.05, 0) is 29.8 Å². The number of benzene rings is 3. The highest BCUT2D eigenvalue weighted by Gasteiger charge is 2.22. The summed E-state index contributed by atoms with van der Waals surface area (Å²) in [5, 5.41) is 8.73. The van der Waals surface area contributed by atoms with Crippen LogP contribution in [0.2, 0.25) is 0 Å². The number of hydrazone groups is 1. The normalized spacial score (nSPS) is 12.9. The molecule has 0 atom stereocenters. The van der Waals surface area contributed by atoms with Crippen LogP contribution in [0.25, 0.3) is 0 Å². The Hall–Kier alpha value is -3.93. The van der Waals surface area contributed by atoms with E-state index in [0.29, 0.717) is 30.2 Å². The van der Waals surface area contributed by atoms with Crippen molar-refractivity contribution in [3.8, 4) is 11.5 Å². The number of anilines is 1. The third-order valence-corrected chi connectivity index (χ3v) is 4.89. The Morgan fingerprint density at radius 1 is 0.871 bits per heavy atom. The summed E-state index contributed by atoms with van der Waals surface area (Å²) in [4.78, 5) is 25.0. The molecule has 0 fully saturated rings. The second-order valence-electron chi connectivity index (χ2n) is 7.14. The van der Waals surface area contributed by atoms with Gasteiger partial charge in [0.15, 0.2) is 5.75 Å². The van der Waals surface area contributed by atoms with E-state index in [4.69, 9.17) is 4.74 Å². The molecule has 1 heterocycles. The average Bonchev–Trinajstić information content (AvgIpc) is 3.31. The molecule has 2 amide bonds. The molecule has 156 valence electrons. The first-order valence-electron chi connectivity index (χ1n) is 10.2. The number of para-hydroxylation sites is 3. The Morgan fingerprint density at radius 2 is 1.55 bits per heavy atom. The highest BCUT2D eigenvalue weighted by atomic mass is 16.5. The second kappa shape index (κ2) is 9.71. The Kier molecular flexibility index (Phi) is 6.38. The van der Waals surface area contributed by atoms with E-state index in [1.54, 1.807) is 12.1 Å². The minimum absolute atomic E-state index is 0.0746. The number of ether oxygens (including phenoxy) is 1. The monoisotopic (exact) mass is 413 g/mol. The molecule has 6 heteroatoms. The minimum Gasteiger partial charge on any atom is -0.455 e. The van der Waals surface area contributed by atoms with E-state index in [0.717, 1.165) is 11.3 Å². The second-order valence-corrected chi connectivity index (χ2v) is 7.14. The molecule has 0 bridgehead atoms. The van der Waals surface area contributed by atoms with Crippen molar-refractivity contribution in [1.29, 1.82) is 0 Å². The Labute approximate surface area is 181 Å². The van der Waals surface area contributed by atoms with Crippen LogP contribution in [0.15, 0.2) is 90.0 Å². The van der Waals surface area contributed by atoms with Gasteiger partial charge in [0.1, 0.15) is 5.75 Å². The van der Waals surface area contributed by atoms with E-state index >= 15 is 0 Å². The zero-order chi connectivity index (χ0) is 21.5. The van der Waals surface area contributed by atoms with Crippen molar-refractivity contribution in [2.45, 2.75) is 19.3 Å². The first-order valence-corrected chi connectivity index (χ1v) is 10.2. The summed E-state index contributed by atoms with van der Waals surface area (Å²) in [5.74, 6) is 0.823. The van der Waals surface area contributed by atoms with Crippen LogP contribution in [0.1, 0.15) is 24.8 Å². The maximum Gasteiger partial charge on any atom is 0.243 e. The topological polar surface area (TPSA) is 71.0 Å². The number of hydrogen-bond donors (Lipinski definition) is 1. The van der Waals surface area contributed by atoms with Gasteiger partial charge in [0, 0.05) is 19.3 Å². The smallest absolute Gasteiger partial charge is 0.243 e. The van der Waals surface area contributed by atoms with Crippen LogP contribution < -0.4 is 10.1 Å². The van der Waals surface area contributed by atoms with Crippen LogP contribution in [0.3, 0.4) is 0 Å². The molecular formula is C25H23N3O3. The standard InChI is InChI=1S/C25H23N3O3/c29-24(26-22-13-7-8-14-23(22)31-20-11-5-2-6-12-20)15-16-25(30)28-18-17-21(27-28)19-9-3-1-4-10-19/h1-14H,15-18H2,(H,26,29). The summed E-state index contributed by atoms with van der Waals surface area (Å²) < 4.78 is 5.86. The van der Waals surface area contributed by atoms with E-state index in [1.807, 2.05) is 72.8 Å². The molecule has 0 radical (unpaired) electrons. The number of amides is 2. The summed E-state index contributed by atoms with van der Waals surface area (Å²) in [5.41, 5.74) is 2.48. The quantitative estimate of drug-likeness (QED) is 0.603. The number of nitrogens with zero attached hydrogens (tertiary/aromatic N) is 2. The number of nitrogens with one attached hydrogen (secondary N) is 1. The van der Waals surface area contributed by atoms with Crippen LogP contribution in [0.5, 0.6) is 11.5 Å². The van der Waals surface area contributed by atoms with Gasteiger partial charge in [-0.15, -0.1) is 0 Å². The molecule has 3 aromatic rings. The van der Waals surface area contributed by atoms with Crippen molar-refractivity contribution in [3.05, 3.63) is 90.5 Å². The number of carbonyl (C=O) groups excluding carboxylic acids is 2. The van der Waals surface area contributed by atoms with Gasteiger partial charge >= 0.3 is 0 Å². The lowest BCUT2D eigenvalue weighted by Crippen LogP contribution is -2.25. The molecule has 0 aliphatic carbocycles. The van der Waals surface area contributed by atoms with Crippen LogP contribution >= 0.6 is 0 Å². The zero-order valence-corrected chi connectivity index (χ0v) is 17.0. The number of rotatable bonds is 7. The third-order valence-electron chi connectivity index (χ3n) is 4.89. The van der Waals surface area contributed by atoms with E-state index < -0.39 is 0 Å². The number of carbonyl (C=O) groups is 2. The molecule has 1 aliphatic heterocycles. The van der Waals surface area contributed by atoms with Crippen molar-refractivity contribution >= 4 is 23.2 Å². The molecule has 0 unspecified atom stereocenters. The summed E-state index contributed by atoms with van der Waals surface area (Å²) in [6, 6.07) is 26.4. The van der Waals surface area contributed by atoms with E-state index in [-0.39, 0.29) is 24.7 Å². The minimum atomic E-state index is -0.246. The predicted octanol–water partition coefficient (Wildman–Crippen LogP) is 4.83. The fourth-order valence-corrected chi connectivity index (χ4v) is 3.31. The van der Waals surface area contributed by atoms with Gasteiger partial charge in [-0.3, -0.25) is 9.59 Å². The van der Waals surface area contributed by atoms with Crippen molar-refractivity contribution in [2.24, 2.45) is 5.10 Å². The average molecular weight is 413 g/mol. The fraction of sp³-hybridized carbons (Fsp3) is 0.160. The molecular weight excluding hydrogens is 390 g/mol. The van der Waals surface area contributed by atoms with Crippen LogP contribution in [0.4, 0.5) is 5.69 Å². The van der Waals surface area contributed by atoms with Gasteiger partial charge in [-0.25, -0.2) is 5.01 Å². The maximum atomic E-state index is 12.5. The first kappa shape index (κ1) is 20.3. The number of hydrogen-bond acceptors (Lipinski definition) is 4. The summed E-state index contributed by atoms with van der Waals surface area (Å²) in [6.07, 6.45) is 0.885. The van der Waals surface area contributed by atoms with Crippen molar-refractivity contribution in [3.63, 3.8) is 0 Å². The van der Waals surface area contributed by atoms with Gasteiger partial charge in [0.2, 0.25) is 11.8 Å². The Balaban J connectivity index is 1.32. The van der Waals surface area contributed by atoms with Crippen molar-refractivity contribution in [1.82, 2.24) is 5.01 Å². The van der Waals surface area contributed by atoms with Gasteiger partial charge < -0.3 is 10.1 Å². The molecule has 0 spiro atoms. The lowest BCUT2D eigenvalue weighted by molar-refractivity contribution is -0.132. The third kappa shape index (κ3) is 5.36. The van der Waals surface area contributed by atoms with Crippen molar-refractivity contribution < 1.29 is 14.3 Å². The fourth-order valence-electron chi connectivity index (χ4n) is 3.31.